The number of likely N-dealkylation sites (N-methyl/N-ethyl adjacent to an activating group) is 1. The molecule has 22 heavy (non-hydrogen) atoms. The lowest BCUT2D eigenvalue weighted by molar-refractivity contribution is -0.906. The highest BCUT2D eigenvalue weighted by molar-refractivity contribution is 6.00. The zero-order chi connectivity index (χ0) is 16.7. The zero-order valence-corrected chi connectivity index (χ0v) is 13.8. The number of hydrogen-bond acceptors (Lipinski definition) is 4. The van der Waals surface area contributed by atoms with Crippen LogP contribution < -0.4 is 17.0 Å². The Morgan fingerprint density at radius 1 is 1.18 bits per heavy atom. The molecule has 0 saturated heterocycles. The first-order valence-electron chi connectivity index (χ1n) is 7.58. The summed E-state index contributed by atoms with van der Waals surface area (Å²) in [6.45, 7) is 0.211. The van der Waals surface area contributed by atoms with E-state index >= 15 is 0 Å². The van der Waals surface area contributed by atoms with Gasteiger partial charge in [-0.3, -0.25) is 18.7 Å². The molecule has 2 N–H and O–H groups in total. The predicted molar refractivity (Wildman–Crippen MR) is 84.9 cm³/mol. The molecule has 1 saturated carbocycles. The van der Waals surface area contributed by atoms with E-state index in [0.29, 0.717) is 10.5 Å². The fourth-order valence-corrected chi connectivity index (χ4v) is 3.30. The van der Waals surface area contributed by atoms with Crippen molar-refractivity contribution >= 4 is 11.6 Å². The number of Topliss-reactive ketones (excluding diaryl/α,β-unsaturated/α-hetero) is 1. The van der Waals surface area contributed by atoms with Crippen molar-refractivity contribution in [2.24, 2.45) is 14.1 Å². The highest BCUT2D eigenvalue weighted by Gasteiger charge is 2.35. The molecule has 0 radical (unpaired) electrons. The van der Waals surface area contributed by atoms with Crippen molar-refractivity contribution in [3.63, 3.8) is 0 Å². The summed E-state index contributed by atoms with van der Waals surface area (Å²) in [5, 5.41) is 0. The topological polar surface area (TPSA) is 87.1 Å². The number of aromatic nitrogens is 2. The lowest BCUT2D eigenvalue weighted by Gasteiger charge is -2.35. The normalized spacial score (nSPS) is 16.2. The number of carbonyl (C=O) groups is 1. The van der Waals surface area contributed by atoms with E-state index in [9.17, 15) is 14.4 Å². The lowest BCUT2D eigenvalue weighted by Crippen LogP contribution is -2.52. The average Bonchev–Trinajstić information content (AvgIpc) is 2.97. The van der Waals surface area contributed by atoms with E-state index in [2.05, 4.69) is 0 Å². The summed E-state index contributed by atoms with van der Waals surface area (Å²) in [5.74, 6) is -0.352. The van der Waals surface area contributed by atoms with E-state index in [0.717, 1.165) is 22.0 Å². The zero-order valence-electron chi connectivity index (χ0n) is 13.8. The van der Waals surface area contributed by atoms with Gasteiger partial charge in [-0.15, -0.1) is 0 Å². The Labute approximate surface area is 129 Å². The summed E-state index contributed by atoms with van der Waals surface area (Å²) < 4.78 is 2.62. The van der Waals surface area contributed by atoms with E-state index < -0.39 is 11.2 Å². The van der Waals surface area contributed by atoms with Crippen LogP contribution in [-0.2, 0) is 14.1 Å². The van der Waals surface area contributed by atoms with Gasteiger partial charge in [-0.1, -0.05) is 0 Å². The number of quaternary nitrogens is 1. The predicted octanol–water partition coefficient (Wildman–Crippen LogP) is -0.132. The van der Waals surface area contributed by atoms with Gasteiger partial charge in [-0.25, -0.2) is 4.79 Å². The highest BCUT2D eigenvalue weighted by atomic mass is 16.2. The first-order chi connectivity index (χ1) is 10.2. The van der Waals surface area contributed by atoms with Crippen LogP contribution in [0.5, 0.6) is 0 Å². The number of ketones is 1. The Morgan fingerprint density at radius 3 is 2.27 bits per heavy atom. The number of nitrogens with zero attached hydrogens (tertiary/aromatic N) is 3. The van der Waals surface area contributed by atoms with Crippen molar-refractivity contribution in [1.82, 2.24) is 9.13 Å². The number of anilines is 1. The van der Waals surface area contributed by atoms with Crippen LogP contribution in [0.4, 0.5) is 5.82 Å². The van der Waals surface area contributed by atoms with Gasteiger partial charge in [-0.05, 0) is 25.7 Å². The molecule has 7 heteroatoms. The fourth-order valence-electron chi connectivity index (χ4n) is 3.30. The Kier molecular flexibility index (Phi) is 4.28. The second kappa shape index (κ2) is 5.72. The van der Waals surface area contributed by atoms with E-state index in [1.54, 1.807) is 0 Å². The van der Waals surface area contributed by atoms with Gasteiger partial charge in [0.1, 0.15) is 17.9 Å². The maximum atomic E-state index is 12.7. The molecule has 1 heterocycles. The molecule has 0 bridgehead atoms. The van der Waals surface area contributed by atoms with E-state index in [-0.39, 0.29) is 23.7 Å². The van der Waals surface area contributed by atoms with Crippen molar-refractivity contribution in [3.8, 4) is 0 Å². The quantitative estimate of drug-likeness (QED) is 0.620. The first-order valence-corrected chi connectivity index (χ1v) is 7.58. The van der Waals surface area contributed by atoms with E-state index in [1.165, 1.54) is 26.9 Å². The smallest absolute Gasteiger partial charge is 0.332 e. The Morgan fingerprint density at radius 2 is 1.73 bits per heavy atom. The molecule has 1 aromatic heterocycles. The molecule has 0 aromatic carbocycles. The Balaban J connectivity index is 2.38. The molecule has 0 aliphatic heterocycles. The third-order valence-electron chi connectivity index (χ3n) is 4.85. The SMILES string of the molecule is Cn1c(N)c(C(=O)C[N+](C)(C)C2CCCC2)c(=O)n(C)c1=O. The first kappa shape index (κ1) is 16.5. The molecular formula is C15H25N4O3+. The largest absolute Gasteiger partial charge is 0.384 e. The maximum absolute atomic E-state index is 12.7. The van der Waals surface area contributed by atoms with Crippen LogP contribution in [-0.4, -0.2) is 46.1 Å². The number of carbonyl (C=O) groups excluding carboxylic acids is 1. The summed E-state index contributed by atoms with van der Waals surface area (Å²) in [5.41, 5.74) is 4.63. The molecule has 1 aliphatic rings. The van der Waals surface area contributed by atoms with Gasteiger partial charge < -0.3 is 10.2 Å². The standard InChI is InChI=1S/C15H24N4O3/c1-17-13(16)12(14(21)18(2)15(17)22)11(20)9-19(3,4)10-7-5-6-8-10/h10H,5-9H2,1-4H3,(H-,16,20,21)/p+1. The van der Waals surface area contributed by atoms with E-state index in [4.69, 9.17) is 5.73 Å². The summed E-state index contributed by atoms with van der Waals surface area (Å²) in [4.78, 5) is 36.7. The van der Waals surface area contributed by atoms with Gasteiger partial charge in [0.2, 0.25) is 5.78 Å². The molecule has 122 valence electrons. The molecular weight excluding hydrogens is 284 g/mol. The summed E-state index contributed by atoms with van der Waals surface area (Å²) >= 11 is 0. The third-order valence-corrected chi connectivity index (χ3v) is 4.85. The van der Waals surface area contributed by atoms with Crippen molar-refractivity contribution in [2.45, 2.75) is 31.7 Å². The van der Waals surface area contributed by atoms with Crippen molar-refractivity contribution in [3.05, 3.63) is 26.4 Å². The van der Waals surface area contributed by atoms with Gasteiger partial charge in [0.05, 0.1) is 20.1 Å². The molecule has 1 fully saturated rings. The van der Waals surface area contributed by atoms with Crippen molar-refractivity contribution in [2.75, 3.05) is 26.4 Å². The molecule has 0 atom stereocenters. The fraction of sp³-hybridized carbons (Fsp3) is 0.667. The van der Waals surface area contributed by atoms with Crippen LogP contribution >= 0.6 is 0 Å². The molecule has 0 amide bonds. The molecule has 7 nitrogen and oxygen atoms in total. The van der Waals surface area contributed by atoms with Crippen LogP contribution in [0, 0.1) is 0 Å². The van der Waals surface area contributed by atoms with Gasteiger partial charge >= 0.3 is 5.69 Å². The second-order valence-corrected chi connectivity index (χ2v) is 6.76. The van der Waals surface area contributed by atoms with Gasteiger partial charge in [0.15, 0.2) is 0 Å². The average molecular weight is 309 g/mol. The molecule has 1 aliphatic carbocycles. The third kappa shape index (κ3) is 2.72. The van der Waals surface area contributed by atoms with Crippen LogP contribution in [0.3, 0.4) is 0 Å². The minimum Gasteiger partial charge on any atom is -0.384 e. The van der Waals surface area contributed by atoms with Crippen LogP contribution in [0.1, 0.15) is 36.0 Å². The maximum Gasteiger partial charge on any atom is 0.332 e. The minimum atomic E-state index is -0.614. The van der Waals surface area contributed by atoms with Crippen LogP contribution in [0.25, 0.3) is 0 Å². The second-order valence-electron chi connectivity index (χ2n) is 6.76. The Bertz CT molecular complexity index is 709. The monoisotopic (exact) mass is 309 g/mol. The van der Waals surface area contributed by atoms with Crippen LogP contribution in [0.2, 0.25) is 0 Å². The Hall–Kier alpha value is -1.89. The summed E-state index contributed by atoms with van der Waals surface area (Å²) in [7, 11) is 6.84. The number of hydrogen-bond donors (Lipinski definition) is 1. The van der Waals surface area contributed by atoms with E-state index in [1.807, 2.05) is 14.1 Å². The van der Waals surface area contributed by atoms with Crippen molar-refractivity contribution in [1.29, 1.82) is 0 Å². The van der Waals surface area contributed by atoms with Crippen LogP contribution in [0.15, 0.2) is 9.59 Å². The minimum absolute atomic E-state index is 0.0514. The molecule has 0 spiro atoms. The van der Waals surface area contributed by atoms with Gasteiger partial charge in [-0.2, -0.15) is 0 Å². The molecule has 0 unspecified atom stereocenters. The van der Waals surface area contributed by atoms with Gasteiger partial charge in [0.25, 0.3) is 5.56 Å². The van der Waals surface area contributed by atoms with Gasteiger partial charge in [0, 0.05) is 14.1 Å². The molecule has 2 rings (SSSR count). The number of rotatable bonds is 4. The highest BCUT2D eigenvalue weighted by Crippen LogP contribution is 2.27. The number of nitrogens with two attached hydrogens (primary N) is 1. The number of nitrogen functional groups attached to an aromatic ring is 1. The summed E-state index contributed by atoms with van der Waals surface area (Å²) in [6.07, 6.45) is 4.57. The van der Waals surface area contributed by atoms with Crippen molar-refractivity contribution < 1.29 is 9.28 Å². The lowest BCUT2D eigenvalue weighted by atomic mass is 10.1. The molecule has 1 aromatic rings. The summed E-state index contributed by atoms with van der Waals surface area (Å²) in [6, 6.07) is 0.432.